The number of imidazole rings is 1. The van der Waals surface area contributed by atoms with Gasteiger partial charge in [-0.15, -0.1) is 0 Å². The van der Waals surface area contributed by atoms with Crippen LogP contribution in [0.15, 0.2) is 29.5 Å². The first kappa shape index (κ1) is 10.7. The Bertz CT molecular complexity index is 520. The second-order valence-corrected chi connectivity index (χ2v) is 3.76. The van der Waals surface area contributed by atoms with Gasteiger partial charge in [0.05, 0.1) is 0 Å². The molecule has 5 nitrogen and oxygen atoms in total. The summed E-state index contributed by atoms with van der Waals surface area (Å²) in [7, 11) is 1.91. The van der Waals surface area contributed by atoms with Crippen molar-refractivity contribution in [3.8, 4) is 0 Å². The molecule has 2 aromatic heterocycles. The van der Waals surface area contributed by atoms with Crippen molar-refractivity contribution in [2.24, 2.45) is 7.05 Å². The number of hydrogen-bond donors (Lipinski definition) is 0. The van der Waals surface area contributed by atoms with Crippen molar-refractivity contribution in [1.29, 1.82) is 0 Å². The van der Waals surface area contributed by atoms with Gasteiger partial charge in [0.15, 0.2) is 0 Å². The third kappa shape index (κ3) is 1.93. The summed E-state index contributed by atoms with van der Waals surface area (Å²) in [4.78, 5) is 11.7. The minimum absolute atomic E-state index is 0.0599. The van der Waals surface area contributed by atoms with E-state index >= 15 is 0 Å². The predicted molar refractivity (Wildman–Crippen MR) is 61.3 cm³/mol. The van der Waals surface area contributed by atoms with Crippen LogP contribution in [0.1, 0.15) is 12.6 Å². The smallest absolute Gasteiger partial charge is 0.300 e. The summed E-state index contributed by atoms with van der Waals surface area (Å²) in [5.74, 6) is 0. The molecule has 0 aliphatic carbocycles. The van der Waals surface area contributed by atoms with Crippen molar-refractivity contribution in [2.75, 3.05) is 0 Å². The average Bonchev–Trinajstić information content (AvgIpc) is 2.83. The van der Waals surface area contributed by atoms with Gasteiger partial charge in [0.2, 0.25) is 0 Å². The third-order valence-corrected chi connectivity index (χ3v) is 2.79. The lowest BCUT2D eigenvalue weighted by atomic mass is 10.3. The molecule has 0 unspecified atom stereocenters. The largest absolute Gasteiger partial charge is 0.328 e. The van der Waals surface area contributed by atoms with Gasteiger partial charge < -0.3 is 0 Å². The lowest BCUT2D eigenvalue weighted by Gasteiger charge is -2.02. The van der Waals surface area contributed by atoms with Crippen molar-refractivity contribution in [3.05, 3.63) is 40.8 Å². The highest BCUT2D eigenvalue weighted by molar-refractivity contribution is 5.00. The van der Waals surface area contributed by atoms with Crippen molar-refractivity contribution in [2.45, 2.75) is 26.4 Å². The second kappa shape index (κ2) is 4.38. The van der Waals surface area contributed by atoms with E-state index in [9.17, 15) is 4.79 Å². The third-order valence-electron chi connectivity index (χ3n) is 2.79. The topological polar surface area (TPSA) is 44.8 Å². The zero-order valence-corrected chi connectivity index (χ0v) is 9.63. The van der Waals surface area contributed by atoms with E-state index in [0.717, 1.165) is 18.7 Å². The molecule has 0 N–H and O–H groups in total. The van der Waals surface area contributed by atoms with Gasteiger partial charge >= 0.3 is 5.69 Å². The Hall–Kier alpha value is -1.78. The van der Waals surface area contributed by atoms with E-state index in [1.807, 2.05) is 37.1 Å². The van der Waals surface area contributed by atoms with Crippen LogP contribution < -0.4 is 5.69 Å². The van der Waals surface area contributed by atoms with Crippen LogP contribution >= 0.6 is 0 Å². The highest BCUT2D eigenvalue weighted by atomic mass is 16.1. The number of nitrogens with zero attached hydrogens (tertiary/aromatic N) is 4. The fraction of sp³-hybridized carbons (Fsp3) is 0.455. The maximum atomic E-state index is 11.7. The summed E-state index contributed by atoms with van der Waals surface area (Å²) in [6.45, 7) is 3.38. The SMILES string of the molecule is CCn1ccn(CCc2ccnn2C)c1=O. The van der Waals surface area contributed by atoms with Crippen LogP contribution in [-0.4, -0.2) is 18.9 Å². The molecule has 2 aromatic rings. The standard InChI is InChI=1S/C11H16N4O/c1-3-14-8-9-15(11(14)16)7-5-10-4-6-12-13(10)2/h4,6,8-9H,3,5,7H2,1-2H3. The Balaban J connectivity index is 2.08. The van der Waals surface area contributed by atoms with Gasteiger partial charge in [0.25, 0.3) is 0 Å². The van der Waals surface area contributed by atoms with Crippen molar-refractivity contribution < 1.29 is 0 Å². The van der Waals surface area contributed by atoms with Crippen LogP contribution in [0, 0.1) is 0 Å². The van der Waals surface area contributed by atoms with Crippen LogP contribution in [0.25, 0.3) is 0 Å². The Labute approximate surface area is 93.9 Å². The van der Waals surface area contributed by atoms with Crippen molar-refractivity contribution in [1.82, 2.24) is 18.9 Å². The molecule has 86 valence electrons. The van der Waals surface area contributed by atoms with E-state index in [0.29, 0.717) is 6.54 Å². The van der Waals surface area contributed by atoms with Crippen LogP contribution in [0.5, 0.6) is 0 Å². The van der Waals surface area contributed by atoms with Crippen LogP contribution in [0.3, 0.4) is 0 Å². The van der Waals surface area contributed by atoms with Gasteiger partial charge in [0.1, 0.15) is 0 Å². The fourth-order valence-electron chi connectivity index (χ4n) is 1.75. The van der Waals surface area contributed by atoms with E-state index < -0.39 is 0 Å². The summed E-state index contributed by atoms with van der Waals surface area (Å²) >= 11 is 0. The van der Waals surface area contributed by atoms with Gasteiger partial charge in [-0.25, -0.2) is 4.79 Å². The number of hydrogen-bond acceptors (Lipinski definition) is 2. The first-order valence-corrected chi connectivity index (χ1v) is 5.45. The maximum absolute atomic E-state index is 11.7. The van der Waals surface area contributed by atoms with Gasteiger partial charge in [-0.2, -0.15) is 5.10 Å². The van der Waals surface area contributed by atoms with Crippen LogP contribution in [0.2, 0.25) is 0 Å². The first-order valence-electron chi connectivity index (χ1n) is 5.45. The molecule has 0 amide bonds. The molecule has 0 atom stereocenters. The Kier molecular flexibility index (Phi) is 2.94. The number of aromatic nitrogens is 4. The monoisotopic (exact) mass is 220 g/mol. The number of aryl methyl sites for hydroxylation is 4. The average molecular weight is 220 g/mol. The minimum Gasteiger partial charge on any atom is -0.300 e. The molecule has 0 saturated carbocycles. The van der Waals surface area contributed by atoms with E-state index in [2.05, 4.69) is 5.10 Å². The zero-order chi connectivity index (χ0) is 11.5. The fourth-order valence-corrected chi connectivity index (χ4v) is 1.75. The highest BCUT2D eigenvalue weighted by Gasteiger charge is 2.03. The summed E-state index contributed by atoms with van der Waals surface area (Å²) in [6.07, 6.45) is 6.26. The van der Waals surface area contributed by atoms with E-state index in [1.54, 1.807) is 15.3 Å². The summed E-state index contributed by atoms with van der Waals surface area (Å²) < 4.78 is 5.27. The Morgan fingerprint density at radius 2 is 2.06 bits per heavy atom. The molecule has 16 heavy (non-hydrogen) atoms. The van der Waals surface area contributed by atoms with Gasteiger partial charge in [-0.1, -0.05) is 0 Å². The molecule has 0 spiro atoms. The van der Waals surface area contributed by atoms with Crippen molar-refractivity contribution >= 4 is 0 Å². The molecule has 0 fully saturated rings. The molecule has 0 saturated heterocycles. The van der Waals surface area contributed by atoms with Gasteiger partial charge in [-0.3, -0.25) is 13.8 Å². The van der Waals surface area contributed by atoms with E-state index in [4.69, 9.17) is 0 Å². The molecule has 0 aromatic carbocycles. The summed E-state index contributed by atoms with van der Waals surface area (Å²) in [5.41, 5.74) is 1.20. The van der Waals surface area contributed by atoms with Gasteiger partial charge in [-0.05, 0) is 13.0 Å². The Morgan fingerprint density at radius 1 is 1.31 bits per heavy atom. The minimum atomic E-state index is 0.0599. The molecule has 2 heterocycles. The normalized spacial score (nSPS) is 10.9. The molecule has 0 radical (unpaired) electrons. The summed E-state index contributed by atoms with van der Waals surface area (Å²) in [5, 5.41) is 4.10. The summed E-state index contributed by atoms with van der Waals surface area (Å²) in [6, 6.07) is 1.97. The molecular formula is C11H16N4O. The maximum Gasteiger partial charge on any atom is 0.328 e. The molecule has 2 rings (SSSR count). The zero-order valence-electron chi connectivity index (χ0n) is 9.63. The molecule has 0 aliphatic heterocycles. The molecule has 5 heteroatoms. The highest BCUT2D eigenvalue weighted by Crippen LogP contribution is 1.99. The van der Waals surface area contributed by atoms with Crippen molar-refractivity contribution in [3.63, 3.8) is 0 Å². The molecular weight excluding hydrogens is 204 g/mol. The second-order valence-electron chi connectivity index (χ2n) is 3.76. The van der Waals surface area contributed by atoms with E-state index in [1.165, 1.54) is 0 Å². The predicted octanol–water partition coefficient (Wildman–Crippen LogP) is 0.646. The molecule has 0 bridgehead atoms. The van der Waals surface area contributed by atoms with Crippen LogP contribution in [-0.2, 0) is 26.6 Å². The first-order chi connectivity index (χ1) is 7.72. The number of rotatable bonds is 4. The van der Waals surface area contributed by atoms with E-state index in [-0.39, 0.29) is 5.69 Å². The Morgan fingerprint density at radius 3 is 2.62 bits per heavy atom. The lowest BCUT2D eigenvalue weighted by Crippen LogP contribution is -2.24. The molecule has 0 aliphatic rings. The quantitative estimate of drug-likeness (QED) is 0.759. The lowest BCUT2D eigenvalue weighted by molar-refractivity contribution is 0.601. The van der Waals surface area contributed by atoms with Gasteiger partial charge in [0, 0.05) is 50.8 Å². The van der Waals surface area contributed by atoms with Crippen LogP contribution in [0.4, 0.5) is 0 Å².